The number of hydrogen-bond donors (Lipinski definition) is 0. The molecular weight excluding hydrogens is 184 g/mol. The molecule has 1 aromatic rings. The van der Waals surface area contributed by atoms with Crippen LogP contribution in [0.2, 0.25) is 0 Å². The van der Waals surface area contributed by atoms with Gasteiger partial charge in [0.15, 0.2) is 0 Å². The molecule has 0 N–H and O–H groups in total. The van der Waals surface area contributed by atoms with E-state index < -0.39 is 11.6 Å². The van der Waals surface area contributed by atoms with Crippen molar-refractivity contribution >= 4 is 0 Å². The zero-order valence-corrected chi connectivity index (χ0v) is 7.93. The Hall–Kier alpha value is -1.43. The van der Waals surface area contributed by atoms with E-state index >= 15 is 0 Å². The second kappa shape index (κ2) is 4.71. The molecule has 0 fully saturated rings. The van der Waals surface area contributed by atoms with E-state index in [2.05, 4.69) is 0 Å². The van der Waals surface area contributed by atoms with Crippen LogP contribution in [-0.2, 0) is 0 Å². The van der Waals surface area contributed by atoms with Crippen LogP contribution in [0.25, 0.3) is 0 Å². The first kappa shape index (κ1) is 10.6. The number of nitriles is 1. The van der Waals surface area contributed by atoms with Gasteiger partial charge >= 0.3 is 0 Å². The van der Waals surface area contributed by atoms with Gasteiger partial charge in [-0.05, 0) is 24.5 Å². The minimum absolute atomic E-state index is 0.0859. The van der Waals surface area contributed by atoms with E-state index in [9.17, 15) is 8.78 Å². The molecule has 14 heavy (non-hydrogen) atoms. The van der Waals surface area contributed by atoms with Gasteiger partial charge in [-0.2, -0.15) is 5.26 Å². The molecule has 0 heterocycles. The van der Waals surface area contributed by atoms with Crippen molar-refractivity contribution in [3.8, 4) is 6.07 Å². The maximum atomic E-state index is 13.2. The van der Waals surface area contributed by atoms with E-state index in [4.69, 9.17) is 5.26 Å². The summed E-state index contributed by atoms with van der Waals surface area (Å²) in [6.07, 6.45) is 0.795. The van der Waals surface area contributed by atoms with Crippen molar-refractivity contribution < 1.29 is 8.78 Å². The maximum absolute atomic E-state index is 13.2. The fourth-order valence-electron chi connectivity index (χ4n) is 1.41. The number of rotatable bonds is 3. The fourth-order valence-corrected chi connectivity index (χ4v) is 1.41. The van der Waals surface area contributed by atoms with Crippen molar-refractivity contribution in [2.24, 2.45) is 0 Å². The molecule has 74 valence electrons. The molecule has 0 spiro atoms. The van der Waals surface area contributed by atoms with Gasteiger partial charge < -0.3 is 0 Å². The highest BCUT2D eigenvalue weighted by Crippen LogP contribution is 2.25. The first-order chi connectivity index (χ1) is 6.66. The lowest BCUT2D eigenvalue weighted by Gasteiger charge is -2.11. The molecule has 1 aromatic carbocycles. The van der Waals surface area contributed by atoms with Crippen LogP contribution in [0, 0.1) is 23.0 Å². The summed E-state index contributed by atoms with van der Waals surface area (Å²) in [5.74, 6) is -1.32. The summed E-state index contributed by atoms with van der Waals surface area (Å²) in [4.78, 5) is 0. The normalized spacial score (nSPS) is 12.1. The minimum Gasteiger partial charge on any atom is -0.207 e. The summed E-state index contributed by atoms with van der Waals surface area (Å²) in [6.45, 7) is 1.72. The van der Waals surface area contributed by atoms with Crippen LogP contribution < -0.4 is 0 Å². The van der Waals surface area contributed by atoms with Gasteiger partial charge in [0.2, 0.25) is 0 Å². The zero-order valence-electron chi connectivity index (χ0n) is 7.93. The third-order valence-electron chi connectivity index (χ3n) is 2.18. The quantitative estimate of drug-likeness (QED) is 0.725. The van der Waals surface area contributed by atoms with Crippen LogP contribution in [0.4, 0.5) is 8.78 Å². The Morgan fingerprint density at radius 3 is 2.43 bits per heavy atom. The van der Waals surface area contributed by atoms with Crippen molar-refractivity contribution in [1.82, 2.24) is 0 Å². The standard InChI is InChI=1S/C11H11F2N/c1-8(4-3-7-14)11-9(12)5-2-6-10(11)13/h2,5-6,8H,3-4H2,1H3. The van der Waals surface area contributed by atoms with E-state index in [0.717, 1.165) is 0 Å². The van der Waals surface area contributed by atoms with E-state index in [1.54, 1.807) is 6.92 Å². The summed E-state index contributed by atoms with van der Waals surface area (Å²) in [7, 11) is 0. The monoisotopic (exact) mass is 195 g/mol. The van der Waals surface area contributed by atoms with Crippen LogP contribution in [0.1, 0.15) is 31.2 Å². The molecule has 1 unspecified atom stereocenters. The van der Waals surface area contributed by atoms with Gasteiger partial charge in [0, 0.05) is 12.0 Å². The summed E-state index contributed by atoms with van der Waals surface area (Å²) in [5, 5.41) is 8.36. The Kier molecular flexibility index (Phi) is 3.58. The third kappa shape index (κ3) is 2.29. The number of hydrogen-bond acceptors (Lipinski definition) is 1. The van der Waals surface area contributed by atoms with Gasteiger partial charge in [0.05, 0.1) is 6.07 Å². The molecule has 1 rings (SSSR count). The lowest BCUT2D eigenvalue weighted by molar-refractivity contribution is 0.523. The fraction of sp³-hybridized carbons (Fsp3) is 0.364. The lowest BCUT2D eigenvalue weighted by Crippen LogP contribution is -2.00. The van der Waals surface area contributed by atoms with Crippen LogP contribution in [0.15, 0.2) is 18.2 Å². The van der Waals surface area contributed by atoms with E-state index in [-0.39, 0.29) is 11.5 Å². The molecule has 0 saturated heterocycles. The largest absolute Gasteiger partial charge is 0.207 e. The van der Waals surface area contributed by atoms with Crippen molar-refractivity contribution in [3.63, 3.8) is 0 Å². The Labute approximate surface area is 82.0 Å². The molecule has 1 nitrogen and oxygen atoms in total. The predicted octanol–water partition coefficient (Wildman–Crippen LogP) is 3.37. The Morgan fingerprint density at radius 1 is 1.36 bits per heavy atom. The molecule has 0 aliphatic carbocycles. The first-order valence-corrected chi connectivity index (χ1v) is 4.47. The molecule has 0 saturated carbocycles. The van der Waals surface area contributed by atoms with E-state index in [0.29, 0.717) is 12.8 Å². The van der Waals surface area contributed by atoms with Crippen LogP contribution in [-0.4, -0.2) is 0 Å². The first-order valence-electron chi connectivity index (χ1n) is 4.47. The topological polar surface area (TPSA) is 23.8 Å². The molecule has 0 aliphatic heterocycles. The number of nitrogens with zero attached hydrogens (tertiary/aromatic N) is 1. The number of benzene rings is 1. The average molecular weight is 195 g/mol. The van der Waals surface area contributed by atoms with Crippen molar-refractivity contribution in [1.29, 1.82) is 5.26 Å². The molecule has 1 atom stereocenters. The summed E-state index contributed by atoms with van der Waals surface area (Å²) < 4.78 is 26.4. The van der Waals surface area contributed by atoms with Crippen LogP contribution >= 0.6 is 0 Å². The highest BCUT2D eigenvalue weighted by molar-refractivity contribution is 5.23. The Bertz CT molecular complexity index is 335. The Balaban J connectivity index is 2.89. The van der Waals surface area contributed by atoms with Crippen molar-refractivity contribution in [3.05, 3.63) is 35.4 Å². The summed E-state index contributed by atoms with van der Waals surface area (Å²) in [6, 6.07) is 5.78. The van der Waals surface area contributed by atoms with Gasteiger partial charge in [-0.1, -0.05) is 13.0 Å². The Morgan fingerprint density at radius 2 is 1.93 bits per heavy atom. The lowest BCUT2D eigenvalue weighted by atomic mass is 9.95. The summed E-state index contributed by atoms with van der Waals surface area (Å²) >= 11 is 0. The maximum Gasteiger partial charge on any atom is 0.129 e. The summed E-state index contributed by atoms with van der Waals surface area (Å²) in [5.41, 5.74) is 0.0859. The van der Waals surface area contributed by atoms with Crippen molar-refractivity contribution in [2.45, 2.75) is 25.7 Å². The van der Waals surface area contributed by atoms with Crippen LogP contribution in [0.5, 0.6) is 0 Å². The second-order valence-corrected chi connectivity index (χ2v) is 3.23. The highest BCUT2D eigenvalue weighted by Gasteiger charge is 2.15. The molecule has 0 amide bonds. The molecule has 0 bridgehead atoms. The third-order valence-corrected chi connectivity index (χ3v) is 2.18. The SMILES string of the molecule is CC(CCC#N)c1c(F)cccc1F. The predicted molar refractivity (Wildman–Crippen MR) is 49.6 cm³/mol. The average Bonchev–Trinajstić information content (AvgIpc) is 2.14. The van der Waals surface area contributed by atoms with Crippen LogP contribution in [0.3, 0.4) is 0 Å². The smallest absolute Gasteiger partial charge is 0.129 e. The molecular formula is C11H11F2N. The van der Waals surface area contributed by atoms with Gasteiger partial charge in [-0.15, -0.1) is 0 Å². The highest BCUT2D eigenvalue weighted by atomic mass is 19.1. The second-order valence-electron chi connectivity index (χ2n) is 3.23. The molecule has 0 aromatic heterocycles. The minimum atomic E-state index is -0.532. The zero-order chi connectivity index (χ0) is 10.6. The number of halogens is 2. The molecule has 0 aliphatic rings. The van der Waals surface area contributed by atoms with Crippen molar-refractivity contribution in [2.75, 3.05) is 0 Å². The van der Waals surface area contributed by atoms with Gasteiger partial charge in [-0.3, -0.25) is 0 Å². The van der Waals surface area contributed by atoms with E-state index in [1.165, 1.54) is 18.2 Å². The van der Waals surface area contributed by atoms with Gasteiger partial charge in [0.1, 0.15) is 11.6 Å². The molecule has 0 radical (unpaired) electrons. The van der Waals surface area contributed by atoms with Gasteiger partial charge in [0.25, 0.3) is 0 Å². The van der Waals surface area contributed by atoms with E-state index in [1.807, 2.05) is 6.07 Å². The van der Waals surface area contributed by atoms with Gasteiger partial charge in [-0.25, -0.2) is 8.78 Å². The molecule has 3 heteroatoms.